The van der Waals surface area contributed by atoms with E-state index in [0.717, 1.165) is 31.0 Å². The number of likely N-dealkylation sites (tertiary alicyclic amines) is 1. The molecule has 4 heteroatoms. The fourth-order valence-corrected chi connectivity index (χ4v) is 3.08. The maximum atomic E-state index is 12.6. The summed E-state index contributed by atoms with van der Waals surface area (Å²) in [6.07, 6.45) is 4.82. The molecule has 1 unspecified atom stereocenters. The SMILES string of the molecule is CC(=O)Nc1ccc(C(=O)N2CCCC2C2CC2)cc1. The van der Waals surface area contributed by atoms with Gasteiger partial charge in [0.15, 0.2) is 0 Å². The summed E-state index contributed by atoms with van der Waals surface area (Å²) in [5.41, 5.74) is 1.45. The largest absolute Gasteiger partial charge is 0.335 e. The van der Waals surface area contributed by atoms with Crippen LogP contribution >= 0.6 is 0 Å². The molecule has 0 aromatic heterocycles. The Bertz CT molecular complexity index is 520. The average molecular weight is 272 g/mol. The quantitative estimate of drug-likeness (QED) is 0.919. The van der Waals surface area contributed by atoms with Crippen LogP contribution in [0.3, 0.4) is 0 Å². The fourth-order valence-electron chi connectivity index (χ4n) is 3.08. The number of nitrogens with zero attached hydrogens (tertiary/aromatic N) is 1. The van der Waals surface area contributed by atoms with Crippen molar-refractivity contribution in [1.82, 2.24) is 4.90 Å². The van der Waals surface area contributed by atoms with Gasteiger partial charge in [-0.15, -0.1) is 0 Å². The number of amides is 2. The number of carbonyl (C=O) groups excluding carboxylic acids is 2. The highest BCUT2D eigenvalue weighted by Crippen LogP contribution is 2.40. The lowest BCUT2D eigenvalue weighted by atomic mass is 10.1. The summed E-state index contributed by atoms with van der Waals surface area (Å²) in [6, 6.07) is 7.64. The van der Waals surface area contributed by atoms with Gasteiger partial charge >= 0.3 is 0 Å². The molecule has 0 bridgehead atoms. The number of hydrogen-bond donors (Lipinski definition) is 1. The highest BCUT2D eigenvalue weighted by molar-refractivity contribution is 5.95. The molecule has 1 saturated heterocycles. The monoisotopic (exact) mass is 272 g/mol. The van der Waals surface area contributed by atoms with Gasteiger partial charge in [-0.05, 0) is 55.9 Å². The van der Waals surface area contributed by atoms with Crippen LogP contribution in [0.5, 0.6) is 0 Å². The Morgan fingerprint density at radius 3 is 2.45 bits per heavy atom. The van der Waals surface area contributed by atoms with E-state index in [1.54, 1.807) is 24.3 Å². The van der Waals surface area contributed by atoms with Gasteiger partial charge in [0.2, 0.25) is 5.91 Å². The summed E-state index contributed by atoms with van der Waals surface area (Å²) in [6.45, 7) is 2.36. The van der Waals surface area contributed by atoms with Gasteiger partial charge < -0.3 is 10.2 Å². The summed E-state index contributed by atoms with van der Waals surface area (Å²) < 4.78 is 0. The Balaban J connectivity index is 1.71. The third-order valence-corrected chi connectivity index (χ3v) is 4.18. The van der Waals surface area contributed by atoms with Crippen LogP contribution in [0.1, 0.15) is 43.0 Å². The molecule has 1 N–H and O–H groups in total. The van der Waals surface area contributed by atoms with Gasteiger partial charge in [0.25, 0.3) is 5.91 Å². The van der Waals surface area contributed by atoms with Crippen LogP contribution in [0.25, 0.3) is 0 Å². The first-order valence-electron chi connectivity index (χ1n) is 7.34. The van der Waals surface area contributed by atoms with Crippen molar-refractivity contribution in [2.24, 2.45) is 5.92 Å². The van der Waals surface area contributed by atoms with E-state index in [0.29, 0.717) is 11.6 Å². The van der Waals surface area contributed by atoms with E-state index in [9.17, 15) is 9.59 Å². The second-order valence-electron chi connectivity index (χ2n) is 5.80. The van der Waals surface area contributed by atoms with Gasteiger partial charge in [0.1, 0.15) is 0 Å². The molecule has 2 aliphatic rings. The predicted molar refractivity (Wildman–Crippen MR) is 77.5 cm³/mol. The third-order valence-electron chi connectivity index (χ3n) is 4.18. The first-order valence-corrected chi connectivity index (χ1v) is 7.34. The van der Waals surface area contributed by atoms with E-state index < -0.39 is 0 Å². The highest BCUT2D eigenvalue weighted by atomic mass is 16.2. The van der Waals surface area contributed by atoms with Crippen molar-refractivity contribution in [3.8, 4) is 0 Å². The molecule has 2 amide bonds. The first-order chi connectivity index (χ1) is 9.65. The molecular weight excluding hydrogens is 252 g/mol. The molecule has 20 heavy (non-hydrogen) atoms. The molecule has 3 rings (SSSR count). The van der Waals surface area contributed by atoms with Crippen LogP contribution in [-0.4, -0.2) is 29.3 Å². The molecule has 1 aliphatic carbocycles. The minimum atomic E-state index is -0.0996. The van der Waals surface area contributed by atoms with Crippen LogP contribution in [0, 0.1) is 5.92 Å². The number of benzene rings is 1. The van der Waals surface area contributed by atoms with Gasteiger partial charge in [0.05, 0.1) is 0 Å². The molecule has 1 aromatic carbocycles. The normalized spacial score (nSPS) is 21.9. The van der Waals surface area contributed by atoms with Crippen LogP contribution in [0.4, 0.5) is 5.69 Å². The number of nitrogens with one attached hydrogen (secondary N) is 1. The van der Waals surface area contributed by atoms with Crippen molar-refractivity contribution in [2.75, 3.05) is 11.9 Å². The smallest absolute Gasteiger partial charge is 0.254 e. The van der Waals surface area contributed by atoms with Gasteiger partial charge in [-0.1, -0.05) is 0 Å². The van der Waals surface area contributed by atoms with Crippen molar-refractivity contribution in [3.05, 3.63) is 29.8 Å². The van der Waals surface area contributed by atoms with E-state index in [4.69, 9.17) is 0 Å². The third kappa shape index (κ3) is 2.69. The Morgan fingerprint density at radius 1 is 1.15 bits per heavy atom. The minimum Gasteiger partial charge on any atom is -0.335 e. The molecular formula is C16H20N2O2. The lowest BCUT2D eigenvalue weighted by molar-refractivity contribution is -0.114. The van der Waals surface area contributed by atoms with E-state index in [2.05, 4.69) is 5.32 Å². The number of carbonyl (C=O) groups is 2. The second-order valence-corrected chi connectivity index (χ2v) is 5.80. The summed E-state index contributed by atoms with van der Waals surface area (Å²) in [5, 5.41) is 2.71. The van der Waals surface area contributed by atoms with E-state index in [-0.39, 0.29) is 11.8 Å². The van der Waals surface area contributed by atoms with E-state index >= 15 is 0 Å². The Hall–Kier alpha value is -1.84. The number of rotatable bonds is 3. The summed E-state index contributed by atoms with van der Waals surface area (Å²) in [7, 11) is 0. The topological polar surface area (TPSA) is 49.4 Å². The zero-order chi connectivity index (χ0) is 14.1. The molecule has 1 atom stereocenters. The maximum Gasteiger partial charge on any atom is 0.254 e. The lowest BCUT2D eigenvalue weighted by Gasteiger charge is -2.24. The summed E-state index contributed by atoms with van der Waals surface area (Å²) in [5.74, 6) is 0.770. The fraction of sp³-hybridized carbons (Fsp3) is 0.500. The van der Waals surface area contributed by atoms with Gasteiger partial charge in [-0.2, -0.15) is 0 Å². The zero-order valence-electron chi connectivity index (χ0n) is 11.8. The predicted octanol–water partition coefficient (Wildman–Crippen LogP) is 2.66. The van der Waals surface area contributed by atoms with Crippen LogP contribution in [0.2, 0.25) is 0 Å². The maximum absolute atomic E-state index is 12.6. The molecule has 0 spiro atoms. The Labute approximate surface area is 119 Å². The van der Waals surface area contributed by atoms with E-state index in [1.807, 2.05) is 4.90 Å². The highest BCUT2D eigenvalue weighted by Gasteiger charge is 2.40. The van der Waals surface area contributed by atoms with E-state index in [1.165, 1.54) is 19.8 Å². The average Bonchev–Trinajstić information content (AvgIpc) is 3.16. The standard InChI is InChI=1S/C16H20N2O2/c1-11(19)17-14-8-6-13(7-9-14)16(20)18-10-2-3-15(18)12-4-5-12/h6-9,12,15H,2-5,10H2,1H3,(H,17,19). The minimum absolute atomic E-state index is 0.0996. The lowest BCUT2D eigenvalue weighted by Crippen LogP contribution is -2.36. The van der Waals surface area contributed by atoms with Crippen LogP contribution in [0.15, 0.2) is 24.3 Å². The van der Waals surface area contributed by atoms with Crippen LogP contribution < -0.4 is 5.32 Å². The Kier molecular flexibility index (Phi) is 3.47. The molecule has 1 aromatic rings. The molecule has 1 heterocycles. The van der Waals surface area contributed by atoms with Crippen molar-refractivity contribution < 1.29 is 9.59 Å². The molecule has 0 radical (unpaired) electrons. The van der Waals surface area contributed by atoms with Crippen molar-refractivity contribution in [1.29, 1.82) is 0 Å². The van der Waals surface area contributed by atoms with Gasteiger partial charge in [-0.3, -0.25) is 9.59 Å². The zero-order valence-corrected chi connectivity index (χ0v) is 11.8. The molecule has 4 nitrogen and oxygen atoms in total. The molecule has 1 saturated carbocycles. The molecule has 2 fully saturated rings. The van der Waals surface area contributed by atoms with Gasteiger partial charge in [0, 0.05) is 30.8 Å². The van der Waals surface area contributed by atoms with Crippen molar-refractivity contribution >= 4 is 17.5 Å². The molecule has 1 aliphatic heterocycles. The first kappa shape index (κ1) is 13.2. The summed E-state index contributed by atoms with van der Waals surface area (Å²) in [4.78, 5) is 25.6. The summed E-state index contributed by atoms with van der Waals surface area (Å²) >= 11 is 0. The molecule has 106 valence electrons. The van der Waals surface area contributed by atoms with Crippen LogP contribution in [-0.2, 0) is 4.79 Å². The second kappa shape index (κ2) is 5.27. The Morgan fingerprint density at radius 2 is 1.85 bits per heavy atom. The number of anilines is 1. The van der Waals surface area contributed by atoms with Crippen molar-refractivity contribution in [2.45, 2.75) is 38.6 Å². The van der Waals surface area contributed by atoms with Gasteiger partial charge in [-0.25, -0.2) is 0 Å². The van der Waals surface area contributed by atoms with Crippen molar-refractivity contribution in [3.63, 3.8) is 0 Å². The number of hydrogen-bond acceptors (Lipinski definition) is 2.